The lowest BCUT2D eigenvalue weighted by atomic mass is 10.1. The van der Waals surface area contributed by atoms with Crippen LogP contribution < -0.4 is 9.46 Å². The third kappa shape index (κ3) is 6.03. The second kappa shape index (κ2) is 10.4. The fraction of sp³-hybridized carbons (Fsp3) is 0.333. The van der Waals surface area contributed by atoms with Gasteiger partial charge in [-0.2, -0.15) is 0 Å². The minimum Gasteiger partial charge on any atom is -0.497 e. The van der Waals surface area contributed by atoms with Crippen LogP contribution in [0.25, 0.3) is 0 Å². The second-order valence-corrected chi connectivity index (χ2v) is 8.60. The van der Waals surface area contributed by atoms with Crippen molar-refractivity contribution >= 4 is 22.0 Å². The van der Waals surface area contributed by atoms with Gasteiger partial charge in [0.2, 0.25) is 10.0 Å². The number of carbonyl (C=O) groups excluding carboxylic acids is 2. The molecule has 0 saturated heterocycles. The van der Waals surface area contributed by atoms with Crippen LogP contribution in [0.5, 0.6) is 5.75 Å². The van der Waals surface area contributed by atoms with Crippen molar-refractivity contribution in [1.82, 2.24) is 9.62 Å². The molecule has 0 saturated carbocycles. The zero-order valence-electron chi connectivity index (χ0n) is 18.0. The average Bonchev–Trinajstić information content (AvgIpc) is 2.77. The monoisotopic (exact) mass is 450 g/mol. The van der Waals surface area contributed by atoms with Gasteiger partial charge in [0.05, 0.1) is 37.4 Å². The topological polar surface area (TPSA) is 111 Å². The fourth-order valence-corrected chi connectivity index (χ4v) is 4.05. The van der Waals surface area contributed by atoms with Gasteiger partial charge in [-0.1, -0.05) is 12.1 Å². The number of nitrogens with one attached hydrogen (secondary N) is 1. The molecule has 0 aliphatic heterocycles. The number of methoxy groups -OCH3 is 3. The Balaban J connectivity index is 2.37. The maximum absolute atomic E-state index is 13.0. The Kier molecular flexibility index (Phi) is 8.14. The molecular formula is C21H26N2O7S. The van der Waals surface area contributed by atoms with E-state index in [1.807, 2.05) is 37.2 Å². The van der Waals surface area contributed by atoms with E-state index in [-0.39, 0.29) is 28.6 Å². The van der Waals surface area contributed by atoms with Gasteiger partial charge in [0.1, 0.15) is 5.75 Å². The number of nitrogens with zero attached hydrogens (tertiary/aromatic N) is 1. The van der Waals surface area contributed by atoms with Crippen molar-refractivity contribution in [2.24, 2.45) is 0 Å². The normalized spacial score (nSPS) is 12.3. The van der Waals surface area contributed by atoms with Crippen molar-refractivity contribution in [3.63, 3.8) is 0 Å². The van der Waals surface area contributed by atoms with Crippen molar-refractivity contribution in [1.29, 1.82) is 0 Å². The predicted octanol–water partition coefficient (Wildman–Crippen LogP) is 1.85. The molecule has 0 fully saturated rings. The largest absolute Gasteiger partial charge is 0.497 e. The SMILES string of the molecule is COC(=O)c1cc(C(=O)OC)cc(S(=O)(=O)NCC(c2cccc(OC)c2)N(C)C)c1. The Morgan fingerprint density at radius 3 is 2.03 bits per heavy atom. The quantitative estimate of drug-likeness (QED) is 0.576. The molecule has 1 unspecified atom stereocenters. The molecule has 0 aromatic heterocycles. The van der Waals surface area contributed by atoms with Crippen LogP contribution in [0.4, 0.5) is 0 Å². The molecule has 10 heteroatoms. The number of sulfonamides is 1. The lowest BCUT2D eigenvalue weighted by molar-refractivity contribution is 0.0598. The Bertz CT molecular complexity index is 1020. The maximum Gasteiger partial charge on any atom is 0.337 e. The molecule has 0 aliphatic carbocycles. The average molecular weight is 451 g/mol. The van der Waals surface area contributed by atoms with Gasteiger partial charge in [0.15, 0.2) is 0 Å². The van der Waals surface area contributed by atoms with Crippen LogP contribution in [-0.2, 0) is 19.5 Å². The molecule has 2 rings (SSSR count). The zero-order valence-corrected chi connectivity index (χ0v) is 18.9. The number of hydrogen-bond acceptors (Lipinski definition) is 8. The summed E-state index contributed by atoms with van der Waals surface area (Å²) in [4.78, 5) is 25.5. The Morgan fingerprint density at radius 1 is 0.968 bits per heavy atom. The third-order valence-corrected chi connectivity index (χ3v) is 6.03. The summed E-state index contributed by atoms with van der Waals surface area (Å²) in [5.41, 5.74) is 0.691. The standard InChI is InChI=1S/C21H26N2O7S/c1-23(2)19(14-7-6-8-17(10-14)28-3)13-22-31(26,27)18-11-15(20(24)29-4)9-16(12-18)21(25)30-5/h6-12,19,22H,13H2,1-5H3. The summed E-state index contributed by atoms with van der Waals surface area (Å²) in [7, 11) is 3.47. The first-order valence-electron chi connectivity index (χ1n) is 9.24. The predicted molar refractivity (Wildman–Crippen MR) is 114 cm³/mol. The van der Waals surface area contributed by atoms with Crippen LogP contribution >= 0.6 is 0 Å². The summed E-state index contributed by atoms with van der Waals surface area (Å²) in [5, 5.41) is 0. The summed E-state index contributed by atoms with van der Waals surface area (Å²) < 4.78 is 43.1. The van der Waals surface area contributed by atoms with E-state index < -0.39 is 22.0 Å². The maximum atomic E-state index is 13.0. The molecule has 9 nitrogen and oxygen atoms in total. The second-order valence-electron chi connectivity index (χ2n) is 6.84. The molecule has 0 heterocycles. The van der Waals surface area contributed by atoms with E-state index in [2.05, 4.69) is 14.2 Å². The first kappa shape index (κ1) is 24.3. The van der Waals surface area contributed by atoms with Gasteiger partial charge >= 0.3 is 11.9 Å². The molecular weight excluding hydrogens is 424 g/mol. The first-order chi connectivity index (χ1) is 14.6. The van der Waals surface area contributed by atoms with Gasteiger partial charge in [-0.05, 0) is 50.0 Å². The molecule has 1 N–H and O–H groups in total. The van der Waals surface area contributed by atoms with Crippen molar-refractivity contribution in [3.05, 3.63) is 59.2 Å². The summed E-state index contributed by atoms with van der Waals surface area (Å²) in [6, 6.07) is 10.5. The number of benzene rings is 2. The lowest BCUT2D eigenvalue weighted by Crippen LogP contribution is -2.34. The molecule has 168 valence electrons. The lowest BCUT2D eigenvalue weighted by Gasteiger charge is -2.25. The van der Waals surface area contributed by atoms with E-state index in [1.54, 1.807) is 13.2 Å². The Hall–Kier alpha value is -2.95. The van der Waals surface area contributed by atoms with Crippen LogP contribution in [-0.4, -0.2) is 67.2 Å². The molecule has 0 radical (unpaired) electrons. The van der Waals surface area contributed by atoms with Crippen LogP contribution in [0, 0.1) is 0 Å². The van der Waals surface area contributed by atoms with Gasteiger partial charge in [-0.15, -0.1) is 0 Å². The van der Waals surface area contributed by atoms with E-state index >= 15 is 0 Å². The van der Waals surface area contributed by atoms with Gasteiger partial charge in [-0.3, -0.25) is 0 Å². The van der Waals surface area contributed by atoms with Gasteiger partial charge < -0.3 is 19.1 Å². The molecule has 2 aromatic carbocycles. The van der Waals surface area contributed by atoms with Gasteiger partial charge in [0.25, 0.3) is 0 Å². The molecule has 1 atom stereocenters. The number of carbonyl (C=O) groups is 2. The molecule has 0 aliphatic rings. The number of likely N-dealkylation sites (N-methyl/N-ethyl adjacent to an activating group) is 1. The highest BCUT2D eigenvalue weighted by Gasteiger charge is 2.23. The van der Waals surface area contributed by atoms with Crippen molar-refractivity contribution < 1.29 is 32.2 Å². The highest BCUT2D eigenvalue weighted by atomic mass is 32.2. The zero-order chi connectivity index (χ0) is 23.2. The highest BCUT2D eigenvalue weighted by molar-refractivity contribution is 7.89. The molecule has 2 aromatic rings. The number of esters is 2. The number of hydrogen-bond donors (Lipinski definition) is 1. The minimum absolute atomic E-state index is 0.0402. The summed E-state index contributed by atoms with van der Waals surface area (Å²) >= 11 is 0. The minimum atomic E-state index is -4.06. The summed E-state index contributed by atoms with van der Waals surface area (Å²) in [5.74, 6) is -0.893. The van der Waals surface area contributed by atoms with Crippen LogP contribution in [0.2, 0.25) is 0 Å². The Morgan fingerprint density at radius 2 is 1.55 bits per heavy atom. The van der Waals surface area contributed by atoms with Crippen molar-refractivity contribution in [2.45, 2.75) is 10.9 Å². The molecule has 0 bridgehead atoms. The van der Waals surface area contributed by atoms with Gasteiger partial charge in [0, 0.05) is 12.6 Å². The van der Waals surface area contributed by atoms with Crippen LogP contribution in [0.3, 0.4) is 0 Å². The summed E-state index contributed by atoms with van der Waals surface area (Å²) in [6.07, 6.45) is 0. The van der Waals surface area contributed by atoms with E-state index in [1.165, 1.54) is 6.07 Å². The van der Waals surface area contributed by atoms with E-state index in [4.69, 9.17) is 4.74 Å². The van der Waals surface area contributed by atoms with Crippen molar-refractivity contribution in [3.8, 4) is 5.75 Å². The molecule has 0 spiro atoms. The smallest absolute Gasteiger partial charge is 0.337 e. The Labute approximate surface area is 182 Å². The van der Waals surface area contributed by atoms with E-state index in [9.17, 15) is 18.0 Å². The number of rotatable bonds is 9. The number of ether oxygens (including phenoxy) is 3. The third-order valence-electron chi connectivity index (χ3n) is 4.63. The highest BCUT2D eigenvalue weighted by Crippen LogP contribution is 2.23. The van der Waals surface area contributed by atoms with E-state index in [0.717, 1.165) is 31.9 Å². The van der Waals surface area contributed by atoms with Crippen LogP contribution in [0.15, 0.2) is 47.4 Å². The van der Waals surface area contributed by atoms with Crippen LogP contribution in [0.1, 0.15) is 32.3 Å². The molecule has 0 amide bonds. The van der Waals surface area contributed by atoms with E-state index in [0.29, 0.717) is 5.75 Å². The fourth-order valence-electron chi connectivity index (χ4n) is 2.94. The van der Waals surface area contributed by atoms with Crippen molar-refractivity contribution in [2.75, 3.05) is 42.0 Å². The van der Waals surface area contributed by atoms with Gasteiger partial charge in [-0.25, -0.2) is 22.7 Å². The first-order valence-corrected chi connectivity index (χ1v) is 10.7. The molecule has 31 heavy (non-hydrogen) atoms. The summed E-state index contributed by atoms with van der Waals surface area (Å²) in [6.45, 7) is 0.0402.